The number of carbonyl (C=O) groups is 3. The van der Waals surface area contributed by atoms with Gasteiger partial charge < -0.3 is 21.3 Å². The molecule has 0 radical (unpaired) electrons. The summed E-state index contributed by atoms with van der Waals surface area (Å²) < 4.78 is 0. The van der Waals surface area contributed by atoms with Crippen LogP contribution >= 0.6 is 0 Å². The maximum atomic E-state index is 13.6. The van der Waals surface area contributed by atoms with Gasteiger partial charge in [0.05, 0.1) is 5.66 Å². The van der Waals surface area contributed by atoms with Crippen LogP contribution in [0.15, 0.2) is 42.5 Å². The summed E-state index contributed by atoms with van der Waals surface area (Å²) in [6, 6.07) is 12.2. The highest BCUT2D eigenvalue weighted by Gasteiger charge is 2.50. The Labute approximate surface area is 193 Å². The van der Waals surface area contributed by atoms with Gasteiger partial charge in [-0.15, -0.1) is 0 Å². The first-order chi connectivity index (χ1) is 15.8. The van der Waals surface area contributed by atoms with Gasteiger partial charge in [0.2, 0.25) is 11.8 Å². The molecule has 0 saturated carbocycles. The van der Waals surface area contributed by atoms with Crippen LogP contribution in [0.5, 0.6) is 0 Å². The molecule has 4 rings (SSSR count). The molecule has 4 atom stereocenters. The number of likely N-dealkylation sites (N-methyl/N-ethyl adjacent to an activating group) is 1. The number of rotatable bonds is 5. The number of anilines is 1. The third-order valence-corrected chi connectivity index (χ3v) is 6.72. The molecule has 2 aromatic rings. The van der Waals surface area contributed by atoms with Crippen molar-refractivity contribution in [2.75, 3.05) is 18.9 Å². The van der Waals surface area contributed by atoms with Crippen LogP contribution in [-0.4, -0.2) is 60.1 Å². The minimum Gasteiger partial charge on any atom is -0.342 e. The fourth-order valence-electron chi connectivity index (χ4n) is 4.86. The highest BCUT2D eigenvalue weighted by molar-refractivity contribution is 6.05. The summed E-state index contributed by atoms with van der Waals surface area (Å²) in [6.45, 7) is 2.63. The minimum atomic E-state index is -0.906. The van der Waals surface area contributed by atoms with Crippen molar-refractivity contribution in [3.63, 3.8) is 0 Å². The van der Waals surface area contributed by atoms with Crippen LogP contribution in [0.3, 0.4) is 0 Å². The number of fused-ring (bicyclic) bond motifs is 2. The zero-order chi connectivity index (χ0) is 23.6. The van der Waals surface area contributed by atoms with Gasteiger partial charge in [-0.1, -0.05) is 36.4 Å². The quantitative estimate of drug-likeness (QED) is 0.428. The lowest BCUT2D eigenvalue weighted by Gasteiger charge is -2.42. The van der Waals surface area contributed by atoms with E-state index in [0.29, 0.717) is 31.5 Å². The molecular formula is C24H32N6O3. The zero-order valence-electron chi connectivity index (χ0n) is 19.1. The van der Waals surface area contributed by atoms with Crippen LogP contribution in [0.25, 0.3) is 10.8 Å². The maximum absolute atomic E-state index is 13.6. The average molecular weight is 453 g/mol. The Hall–Kier alpha value is -3.01. The van der Waals surface area contributed by atoms with Crippen molar-refractivity contribution in [2.24, 2.45) is 5.73 Å². The molecule has 0 bridgehead atoms. The smallest absolute Gasteiger partial charge is 0.252 e. The van der Waals surface area contributed by atoms with Crippen LogP contribution in [0.2, 0.25) is 0 Å². The Bertz CT molecular complexity index is 1050. The molecule has 2 unspecified atom stereocenters. The molecule has 2 saturated heterocycles. The molecule has 2 aromatic carbocycles. The van der Waals surface area contributed by atoms with Gasteiger partial charge in [-0.05, 0) is 57.7 Å². The van der Waals surface area contributed by atoms with Crippen molar-refractivity contribution in [2.45, 2.75) is 56.5 Å². The first-order valence-corrected chi connectivity index (χ1v) is 11.4. The van der Waals surface area contributed by atoms with E-state index in [9.17, 15) is 14.4 Å². The van der Waals surface area contributed by atoms with E-state index in [-0.39, 0.29) is 11.8 Å². The number of nitrogens with zero attached hydrogens (tertiary/aromatic N) is 1. The Kier molecular flexibility index (Phi) is 6.64. The van der Waals surface area contributed by atoms with Crippen LogP contribution in [-0.2, 0) is 14.4 Å². The van der Waals surface area contributed by atoms with Crippen molar-refractivity contribution in [1.29, 1.82) is 0 Å². The molecule has 176 valence electrons. The fraction of sp³-hybridized carbons (Fsp3) is 0.458. The summed E-state index contributed by atoms with van der Waals surface area (Å²) in [5.41, 5.74) is 5.82. The van der Waals surface area contributed by atoms with Gasteiger partial charge in [-0.3, -0.25) is 25.0 Å². The van der Waals surface area contributed by atoms with Gasteiger partial charge in [-0.25, -0.2) is 0 Å². The van der Waals surface area contributed by atoms with E-state index in [1.54, 1.807) is 11.9 Å². The van der Waals surface area contributed by atoms with E-state index in [0.717, 1.165) is 17.2 Å². The molecule has 3 amide bonds. The predicted molar refractivity (Wildman–Crippen MR) is 127 cm³/mol. The molecule has 9 heteroatoms. The van der Waals surface area contributed by atoms with Crippen molar-refractivity contribution < 1.29 is 14.4 Å². The predicted octanol–water partition coefficient (Wildman–Crippen LogP) is 0.858. The molecule has 33 heavy (non-hydrogen) atoms. The Balaban J connectivity index is 1.59. The molecule has 2 fully saturated rings. The monoisotopic (exact) mass is 452 g/mol. The van der Waals surface area contributed by atoms with E-state index in [2.05, 4.69) is 21.3 Å². The molecular weight excluding hydrogens is 420 g/mol. The second-order valence-electron chi connectivity index (χ2n) is 8.95. The van der Waals surface area contributed by atoms with Gasteiger partial charge in [0.15, 0.2) is 0 Å². The van der Waals surface area contributed by atoms with E-state index in [1.807, 2.05) is 49.4 Å². The van der Waals surface area contributed by atoms with E-state index in [1.165, 1.54) is 0 Å². The SMILES string of the molecule is CN[C@@H](N)C(=O)N[C@H]1CCCNC2(C)CCC(C(=O)Nc3cccc4ccccc34)N2C1=O. The minimum absolute atomic E-state index is 0.234. The highest BCUT2D eigenvalue weighted by atomic mass is 16.2. The van der Waals surface area contributed by atoms with Gasteiger partial charge in [0.25, 0.3) is 5.91 Å². The number of nitrogens with one attached hydrogen (secondary N) is 4. The molecule has 0 spiro atoms. The number of carbonyl (C=O) groups excluding carboxylic acids is 3. The number of benzene rings is 2. The summed E-state index contributed by atoms with van der Waals surface area (Å²) in [7, 11) is 1.58. The number of hydrogen-bond acceptors (Lipinski definition) is 6. The lowest BCUT2D eigenvalue weighted by Crippen LogP contribution is -2.65. The average Bonchev–Trinajstić information content (AvgIpc) is 3.16. The molecule has 9 nitrogen and oxygen atoms in total. The van der Waals surface area contributed by atoms with Gasteiger partial charge in [-0.2, -0.15) is 0 Å². The van der Waals surface area contributed by atoms with Crippen LogP contribution in [0.4, 0.5) is 5.69 Å². The first kappa shape index (κ1) is 23.2. The summed E-state index contributed by atoms with van der Waals surface area (Å²) in [5, 5.41) is 13.9. The van der Waals surface area contributed by atoms with Crippen LogP contribution < -0.4 is 27.0 Å². The fourth-order valence-corrected chi connectivity index (χ4v) is 4.86. The lowest BCUT2D eigenvalue weighted by molar-refractivity contribution is -0.147. The van der Waals surface area contributed by atoms with Gasteiger partial charge in [0, 0.05) is 11.1 Å². The third-order valence-electron chi connectivity index (χ3n) is 6.72. The van der Waals surface area contributed by atoms with E-state index < -0.39 is 29.8 Å². The number of nitrogens with two attached hydrogens (primary N) is 1. The Morgan fingerprint density at radius 1 is 1.18 bits per heavy atom. The van der Waals surface area contributed by atoms with Crippen molar-refractivity contribution >= 4 is 34.2 Å². The van der Waals surface area contributed by atoms with E-state index in [4.69, 9.17) is 5.73 Å². The molecule has 0 aromatic heterocycles. The summed E-state index contributed by atoms with van der Waals surface area (Å²) in [5.74, 6) is -0.943. The number of hydrogen-bond donors (Lipinski definition) is 5. The zero-order valence-corrected chi connectivity index (χ0v) is 19.1. The van der Waals surface area contributed by atoms with Crippen molar-refractivity contribution in [1.82, 2.24) is 20.9 Å². The second-order valence-corrected chi connectivity index (χ2v) is 8.95. The largest absolute Gasteiger partial charge is 0.342 e. The summed E-state index contributed by atoms with van der Waals surface area (Å²) >= 11 is 0. The normalized spacial score (nSPS) is 26.3. The summed E-state index contributed by atoms with van der Waals surface area (Å²) in [6.07, 6.45) is 1.46. The molecule has 2 aliphatic rings. The highest BCUT2D eigenvalue weighted by Crippen LogP contribution is 2.35. The van der Waals surface area contributed by atoms with Crippen molar-refractivity contribution in [3.8, 4) is 0 Å². The van der Waals surface area contributed by atoms with E-state index >= 15 is 0 Å². The molecule has 6 N–H and O–H groups in total. The molecule has 0 aliphatic carbocycles. The van der Waals surface area contributed by atoms with Crippen molar-refractivity contribution in [3.05, 3.63) is 42.5 Å². The van der Waals surface area contributed by atoms with Gasteiger partial charge in [0.1, 0.15) is 18.2 Å². The Morgan fingerprint density at radius 3 is 2.73 bits per heavy atom. The van der Waals surface area contributed by atoms with Crippen LogP contribution in [0, 0.1) is 0 Å². The Morgan fingerprint density at radius 2 is 1.94 bits per heavy atom. The molecule has 2 aliphatic heterocycles. The lowest BCUT2D eigenvalue weighted by atomic mass is 10.0. The topological polar surface area (TPSA) is 129 Å². The molecule has 2 heterocycles. The van der Waals surface area contributed by atoms with Crippen LogP contribution in [0.1, 0.15) is 32.6 Å². The third kappa shape index (κ3) is 4.57. The van der Waals surface area contributed by atoms with Gasteiger partial charge >= 0.3 is 0 Å². The first-order valence-electron chi connectivity index (χ1n) is 11.4. The summed E-state index contributed by atoms with van der Waals surface area (Å²) in [4.78, 5) is 41.1. The second kappa shape index (κ2) is 9.46. The maximum Gasteiger partial charge on any atom is 0.252 e. The number of amides is 3. The standard InChI is InChI=1S/C24H32N6O3/c1-24-13-12-19(21(31)28-17-10-5-8-15-7-3-4-9-16(15)17)30(24)23(33)18(11-6-14-27-24)29-22(32)20(25)26-2/h3-5,7-10,18-20,26-27H,6,11-14,25H2,1-2H3,(H,28,31)(H,29,32)/t18-,19?,20+,24?/m0/s1.